The Bertz CT molecular complexity index is 159. The summed E-state index contributed by atoms with van der Waals surface area (Å²) in [6.07, 6.45) is 7.58. The lowest BCUT2D eigenvalue weighted by atomic mass is 9.91. The number of rotatable bonds is 5. The van der Waals surface area contributed by atoms with Crippen LogP contribution >= 0.6 is 0 Å². The first-order valence-corrected chi connectivity index (χ1v) is 5.30. The third kappa shape index (κ3) is 1.73. The van der Waals surface area contributed by atoms with Crippen molar-refractivity contribution in [2.45, 2.75) is 46.5 Å². The van der Waals surface area contributed by atoms with Crippen LogP contribution in [0, 0.1) is 17.3 Å². The summed E-state index contributed by atoms with van der Waals surface area (Å²) in [5, 5.41) is 0. The Balaban J connectivity index is 2.43. The van der Waals surface area contributed by atoms with Crippen LogP contribution in [0.2, 0.25) is 0 Å². The fourth-order valence-electron chi connectivity index (χ4n) is 2.33. The normalized spacial score (nSPS) is 36.1. The first-order chi connectivity index (χ1) is 5.68. The minimum Gasteiger partial charge on any atom is -0.103 e. The van der Waals surface area contributed by atoms with Crippen molar-refractivity contribution in [3.05, 3.63) is 12.7 Å². The van der Waals surface area contributed by atoms with Gasteiger partial charge in [-0.05, 0) is 30.1 Å². The SMILES string of the molecule is C=CC(CCC)C1CC1(C)CC. The van der Waals surface area contributed by atoms with Crippen molar-refractivity contribution in [3.63, 3.8) is 0 Å². The largest absolute Gasteiger partial charge is 0.103 e. The average Bonchev–Trinajstić information content (AvgIpc) is 2.75. The minimum atomic E-state index is 0.661. The van der Waals surface area contributed by atoms with Crippen LogP contribution < -0.4 is 0 Å². The van der Waals surface area contributed by atoms with Crippen LogP contribution in [0.25, 0.3) is 0 Å². The third-order valence-corrected chi connectivity index (χ3v) is 3.67. The molecule has 0 aromatic carbocycles. The van der Waals surface area contributed by atoms with Gasteiger partial charge in [-0.2, -0.15) is 0 Å². The highest BCUT2D eigenvalue weighted by molar-refractivity contribution is 5.05. The second kappa shape index (κ2) is 3.64. The lowest BCUT2D eigenvalue weighted by Gasteiger charge is -2.14. The summed E-state index contributed by atoms with van der Waals surface area (Å²) in [7, 11) is 0. The molecule has 3 atom stereocenters. The molecule has 1 saturated carbocycles. The van der Waals surface area contributed by atoms with Gasteiger partial charge in [0.25, 0.3) is 0 Å². The molecule has 0 heterocycles. The van der Waals surface area contributed by atoms with Gasteiger partial charge in [-0.25, -0.2) is 0 Å². The van der Waals surface area contributed by atoms with Gasteiger partial charge in [0.15, 0.2) is 0 Å². The third-order valence-electron chi connectivity index (χ3n) is 3.67. The predicted octanol–water partition coefficient (Wildman–Crippen LogP) is 4.02. The molecule has 1 aliphatic carbocycles. The predicted molar refractivity (Wildman–Crippen MR) is 55.1 cm³/mol. The lowest BCUT2D eigenvalue weighted by Crippen LogP contribution is -2.05. The van der Waals surface area contributed by atoms with Crippen molar-refractivity contribution in [1.29, 1.82) is 0 Å². The Hall–Kier alpha value is -0.260. The summed E-state index contributed by atoms with van der Waals surface area (Å²) in [6.45, 7) is 10.9. The van der Waals surface area contributed by atoms with Crippen LogP contribution in [0.4, 0.5) is 0 Å². The van der Waals surface area contributed by atoms with E-state index in [4.69, 9.17) is 0 Å². The molecule has 0 amide bonds. The molecule has 0 saturated heterocycles. The molecular weight excluding hydrogens is 144 g/mol. The van der Waals surface area contributed by atoms with E-state index in [1.165, 1.54) is 25.7 Å². The summed E-state index contributed by atoms with van der Waals surface area (Å²) in [5.41, 5.74) is 0.661. The van der Waals surface area contributed by atoms with Crippen LogP contribution in [0.15, 0.2) is 12.7 Å². The van der Waals surface area contributed by atoms with Gasteiger partial charge in [-0.1, -0.05) is 39.7 Å². The number of hydrogen-bond acceptors (Lipinski definition) is 0. The zero-order chi connectivity index (χ0) is 9.19. The maximum absolute atomic E-state index is 3.94. The van der Waals surface area contributed by atoms with Crippen molar-refractivity contribution >= 4 is 0 Å². The van der Waals surface area contributed by atoms with Gasteiger partial charge in [0.1, 0.15) is 0 Å². The Labute approximate surface area is 77.1 Å². The Morgan fingerprint density at radius 3 is 2.58 bits per heavy atom. The standard InChI is InChI=1S/C12H22/c1-5-8-10(6-2)11-9-12(11,4)7-3/h6,10-11H,2,5,7-9H2,1,3-4H3. The molecule has 1 fully saturated rings. The van der Waals surface area contributed by atoms with Crippen molar-refractivity contribution in [2.24, 2.45) is 17.3 Å². The topological polar surface area (TPSA) is 0 Å². The molecule has 0 nitrogen and oxygen atoms in total. The first-order valence-electron chi connectivity index (χ1n) is 5.30. The van der Waals surface area contributed by atoms with Crippen molar-refractivity contribution < 1.29 is 0 Å². The van der Waals surface area contributed by atoms with Crippen molar-refractivity contribution in [1.82, 2.24) is 0 Å². The highest BCUT2D eigenvalue weighted by Gasteiger charge is 2.50. The summed E-state index contributed by atoms with van der Waals surface area (Å²) >= 11 is 0. The molecule has 0 aliphatic heterocycles. The molecule has 0 radical (unpaired) electrons. The van der Waals surface area contributed by atoms with E-state index in [9.17, 15) is 0 Å². The molecule has 3 unspecified atom stereocenters. The van der Waals surface area contributed by atoms with E-state index in [2.05, 4.69) is 33.4 Å². The molecule has 1 aliphatic rings. The molecule has 0 aromatic rings. The van der Waals surface area contributed by atoms with Crippen LogP contribution in [0.5, 0.6) is 0 Å². The lowest BCUT2D eigenvalue weighted by molar-refractivity contribution is 0.399. The molecule has 1 rings (SSSR count). The van der Waals surface area contributed by atoms with Gasteiger partial charge in [0.05, 0.1) is 0 Å². The zero-order valence-corrected chi connectivity index (χ0v) is 8.77. The molecule has 0 N–H and O–H groups in total. The molecule has 70 valence electrons. The smallest absolute Gasteiger partial charge is 0.0203 e. The first kappa shape index (κ1) is 9.83. The number of allylic oxidation sites excluding steroid dienone is 1. The van der Waals surface area contributed by atoms with Crippen molar-refractivity contribution in [2.75, 3.05) is 0 Å². The van der Waals surface area contributed by atoms with Crippen LogP contribution in [0.3, 0.4) is 0 Å². The highest BCUT2D eigenvalue weighted by atomic mass is 14.5. The number of hydrogen-bond donors (Lipinski definition) is 0. The Morgan fingerprint density at radius 1 is 1.58 bits per heavy atom. The van der Waals surface area contributed by atoms with E-state index in [-0.39, 0.29) is 0 Å². The Morgan fingerprint density at radius 2 is 2.25 bits per heavy atom. The Kier molecular flexibility index (Phi) is 2.98. The molecule has 0 bridgehead atoms. The van der Waals surface area contributed by atoms with Crippen LogP contribution in [0.1, 0.15) is 46.5 Å². The fourth-order valence-corrected chi connectivity index (χ4v) is 2.33. The summed E-state index contributed by atoms with van der Waals surface area (Å²) in [4.78, 5) is 0. The zero-order valence-electron chi connectivity index (χ0n) is 8.77. The van der Waals surface area contributed by atoms with Gasteiger partial charge in [-0.15, -0.1) is 6.58 Å². The highest BCUT2D eigenvalue weighted by Crippen LogP contribution is 2.59. The summed E-state index contributed by atoms with van der Waals surface area (Å²) < 4.78 is 0. The van der Waals surface area contributed by atoms with Gasteiger partial charge >= 0.3 is 0 Å². The van der Waals surface area contributed by atoms with Gasteiger partial charge < -0.3 is 0 Å². The molecule has 0 aromatic heterocycles. The second-order valence-corrected chi connectivity index (χ2v) is 4.51. The van der Waals surface area contributed by atoms with Gasteiger partial charge in [-0.3, -0.25) is 0 Å². The maximum atomic E-state index is 3.94. The van der Waals surface area contributed by atoms with Crippen LogP contribution in [-0.2, 0) is 0 Å². The molecule has 0 heteroatoms. The molecule has 0 spiro atoms. The van der Waals surface area contributed by atoms with E-state index in [0.29, 0.717) is 5.41 Å². The summed E-state index contributed by atoms with van der Waals surface area (Å²) in [6, 6.07) is 0. The van der Waals surface area contributed by atoms with E-state index in [1.807, 2.05) is 0 Å². The second-order valence-electron chi connectivity index (χ2n) is 4.51. The monoisotopic (exact) mass is 166 g/mol. The van der Waals surface area contributed by atoms with E-state index < -0.39 is 0 Å². The van der Waals surface area contributed by atoms with Crippen LogP contribution in [-0.4, -0.2) is 0 Å². The van der Waals surface area contributed by atoms with Crippen molar-refractivity contribution in [3.8, 4) is 0 Å². The van der Waals surface area contributed by atoms with Gasteiger partial charge in [0, 0.05) is 0 Å². The van der Waals surface area contributed by atoms with E-state index in [1.54, 1.807) is 0 Å². The quantitative estimate of drug-likeness (QED) is 0.541. The average molecular weight is 166 g/mol. The molecule has 12 heavy (non-hydrogen) atoms. The van der Waals surface area contributed by atoms with E-state index in [0.717, 1.165) is 11.8 Å². The maximum Gasteiger partial charge on any atom is -0.0203 e. The minimum absolute atomic E-state index is 0.661. The summed E-state index contributed by atoms with van der Waals surface area (Å²) in [5.74, 6) is 1.74. The van der Waals surface area contributed by atoms with E-state index >= 15 is 0 Å². The van der Waals surface area contributed by atoms with Gasteiger partial charge in [0.2, 0.25) is 0 Å². The fraction of sp³-hybridized carbons (Fsp3) is 0.833. The molecular formula is C12H22.